The second-order valence-corrected chi connectivity index (χ2v) is 5.06. The van der Waals surface area contributed by atoms with E-state index in [0.29, 0.717) is 0 Å². The molecule has 2 heteroatoms. The fourth-order valence-corrected chi connectivity index (χ4v) is 2.53. The number of fused-ring (bicyclic) bond motifs is 1. The van der Waals surface area contributed by atoms with E-state index in [1.165, 1.54) is 38.6 Å². The van der Waals surface area contributed by atoms with Gasteiger partial charge in [-0.2, -0.15) is 0 Å². The highest BCUT2D eigenvalue weighted by Gasteiger charge is 2.23. The summed E-state index contributed by atoms with van der Waals surface area (Å²) in [5.41, 5.74) is 3.14. The van der Waals surface area contributed by atoms with Gasteiger partial charge in [-0.25, -0.2) is 0 Å². The van der Waals surface area contributed by atoms with E-state index in [-0.39, 0.29) is 12.4 Å². The zero-order chi connectivity index (χ0) is 10.1. The van der Waals surface area contributed by atoms with Crippen LogP contribution in [0.2, 0.25) is 0 Å². The summed E-state index contributed by atoms with van der Waals surface area (Å²) >= 11 is 0. The molecular weight excluding hydrogens is 218 g/mol. The molecule has 0 spiro atoms. The van der Waals surface area contributed by atoms with Gasteiger partial charge in [0.15, 0.2) is 0 Å². The van der Waals surface area contributed by atoms with E-state index in [2.05, 4.69) is 29.6 Å². The van der Waals surface area contributed by atoms with E-state index in [4.69, 9.17) is 0 Å². The Kier molecular flexibility index (Phi) is 3.88. The number of aryl methyl sites for hydroxylation is 1. The molecule has 0 bridgehead atoms. The smallest absolute Gasteiger partial charge is 0.0111 e. The monoisotopic (exact) mass is 237 g/mol. The zero-order valence-corrected chi connectivity index (χ0v) is 10.4. The molecule has 1 nitrogen and oxygen atoms in total. The topological polar surface area (TPSA) is 12.0 Å². The maximum atomic E-state index is 3.72. The van der Waals surface area contributed by atoms with Crippen molar-refractivity contribution in [1.82, 2.24) is 5.32 Å². The molecule has 0 radical (unpaired) electrons. The van der Waals surface area contributed by atoms with Gasteiger partial charge in [0.1, 0.15) is 0 Å². The Hall–Kier alpha value is -0.530. The minimum absolute atomic E-state index is 0. The maximum absolute atomic E-state index is 3.72. The van der Waals surface area contributed by atoms with Crippen LogP contribution in [-0.4, -0.2) is 12.6 Å². The van der Waals surface area contributed by atoms with Gasteiger partial charge in [0.05, 0.1) is 0 Å². The van der Waals surface area contributed by atoms with Gasteiger partial charge < -0.3 is 5.32 Å². The Morgan fingerprint density at radius 2 is 1.81 bits per heavy atom. The van der Waals surface area contributed by atoms with Crippen LogP contribution in [0, 0.1) is 5.92 Å². The van der Waals surface area contributed by atoms with Gasteiger partial charge in [-0.05, 0) is 55.7 Å². The highest BCUT2D eigenvalue weighted by Crippen LogP contribution is 2.28. The fourth-order valence-electron chi connectivity index (χ4n) is 2.53. The van der Waals surface area contributed by atoms with E-state index < -0.39 is 0 Å². The minimum atomic E-state index is 0. The van der Waals surface area contributed by atoms with Crippen molar-refractivity contribution < 1.29 is 0 Å². The molecule has 2 aliphatic carbocycles. The highest BCUT2D eigenvalue weighted by molar-refractivity contribution is 5.85. The van der Waals surface area contributed by atoms with Crippen molar-refractivity contribution in [2.45, 2.75) is 38.1 Å². The van der Waals surface area contributed by atoms with Gasteiger partial charge in [-0.1, -0.05) is 24.3 Å². The molecule has 0 heterocycles. The van der Waals surface area contributed by atoms with E-state index in [0.717, 1.165) is 12.0 Å². The first-order valence-electron chi connectivity index (χ1n) is 6.22. The summed E-state index contributed by atoms with van der Waals surface area (Å²) in [5, 5.41) is 3.72. The predicted octanol–water partition coefficient (Wildman–Crippen LogP) is 2.97. The SMILES string of the molecule is Cl.c1ccc2c(c1)CCC(NCC1CC1)C2. The van der Waals surface area contributed by atoms with Gasteiger partial charge in [0.25, 0.3) is 0 Å². The van der Waals surface area contributed by atoms with Crippen LogP contribution in [0.1, 0.15) is 30.4 Å². The Morgan fingerprint density at radius 1 is 1.06 bits per heavy atom. The lowest BCUT2D eigenvalue weighted by Gasteiger charge is -2.25. The molecule has 1 atom stereocenters. The number of rotatable bonds is 3. The lowest BCUT2D eigenvalue weighted by molar-refractivity contribution is 0.449. The molecule has 3 rings (SSSR count). The van der Waals surface area contributed by atoms with Crippen LogP contribution in [0.3, 0.4) is 0 Å². The zero-order valence-electron chi connectivity index (χ0n) is 9.61. The van der Waals surface area contributed by atoms with Gasteiger partial charge in [0.2, 0.25) is 0 Å². The molecule has 1 unspecified atom stereocenters. The van der Waals surface area contributed by atoms with Crippen molar-refractivity contribution in [3.63, 3.8) is 0 Å². The molecule has 1 fully saturated rings. The Bertz CT molecular complexity index is 346. The largest absolute Gasteiger partial charge is 0.313 e. The normalized spacial score (nSPS) is 23.4. The predicted molar refractivity (Wildman–Crippen MR) is 70.2 cm³/mol. The first kappa shape index (κ1) is 11.9. The molecule has 88 valence electrons. The minimum Gasteiger partial charge on any atom is -0.313 e. The van der Waals surface area contributed by atoms with Crippen LogP contribution < -0.4 is 5.32 Å². The van der Waals surface area contributed by atoms with Crippen LogP contribution in [0.4, 0.5) is 0 Å². The van der Waals surface area contributed by atoms with Crippen LogP contribution in [0.5, 0.6) is 0 Å². The summed E-state index contributed by atoms with van der Waals surface area (Å²) in [4.78, 5) is 0. The summed E-state index contributed by atoms with van der Waals surface area (Å²) in [7, 11) is 0. The molecule has 0 aromatic heterocycles. The van der Waals surface area contributed by atoms with Crippen LogP contribution in [0.15, 0.2) is 24.3 Å². The Labute approximate surface area is 104 Å². The van der Waals surface area contributed by atoms with Crippen molar-refractivity contribution in [3.8, 4) is 0 Å². The standard InChI is InChI=1S/C14H19N.ClH/c1-2-4-13-9-14(8-7-12(13)3-1)15-10-11-5-6-11;/h1-4,11,14-15H,5-10H2;1H. The summed E-state index contributed by atoms with van der Waals surface area (Å²) in [6.45, 7) is 1.26. The average molecular weight is 238 g/mol. The van der Waals surface area contributed by atoms with E-state index >= 15 is 0 Å². The molecule has 16 heavy (non-hydrogen) atoms. The van der Waals surface area contributed by atoms with Crippen molar-refractivity contribution in [1.29, 1.82) is 0 Å². The summed E-state index contributed by atoms with van der Waals surface area (Å²) in [5.74, 6) is 1.00. The molecule has 0 saturated heterocycles. The van der Waals surface area contributed by atoms with Crippen LogP contribution in [-0.2, 0) is 12.8 Å². The number of benzene rings is 1. The van der Waals surface area contributed by atoms with E-state index in [9.17, 15) is 0 Å². The maximum Gasteiger partial charge on any atom is 0.0111 e. The third-order valence-electron chi connectivity index (χ3n) is 3.74. The molecular formula is C14H20ClN. The molecule has 1 saturated carbocycles. The summed E-state index contributed by atoms with van der Waals surface area (Å²) < 4.78 is 0. The van der Waals surface area contributed by atoms with Gasteiger partial charge in [-0.3, -0.25) is 0 Å². The Balaban J connectivity index is 0.000000963. The molecule has 1 N–H and O–H groups in total. The first-order chi connectivity index (χ1) is 7.42. The molecule has 1 aromatic carbocycles. The van der Waals surface area contributed by atoms with E-state index in [1.54, 1.807) is 11.1 Å². The molecule has 0 amide bonds. The van der Waals surface area contributed by atoms with E-state index in [1.807, 2.05) is 0 Å². The molecule has 0 aliphatic heterocycles. The quantitative estimate of drug-likeness (QED) is 0.853. The Morgan fingerprint density at radius 3 is 2.56 bits per heavy atom. The van der Waals surface area contributed by atoms with Crippen molar-refractivity contribution in [2.75, 3.05) is 6.54 Å². The lowest BCUT2D eigenvalue weighted by atomic mass is 9.88. The molecule has 2 aliphatic rings. The van der Waals surface area contributed by atoms with Crippen LogP contribution >= 0.6 is 12.4 Å². The first-order valence-corrected chi connectivity index (χ1v) is 6.22. The van der Waals surface area contributed by atoms with Gasteiger partial charge in [0, 0.05) is 6.04 Å². The lowest BCUT2D eigenvalue weighted by Crippen LogP contribution is -2.35. The van der Waals surface area contributed by atoms with Crippen molar-refractivity contribution >= 4 is 12.4 Å². The second-order valence-electron chi connectivity index (χ2n) is 5.06. The number of hydrogen-bond donors (Lipinski definition) is 1. The third-order valence-corrected chi connectivity index (χ3v) is 3.74. The van der Waals surface area contributed by atoms with Crippen LogP contribution in [0.25, 0.3) is 0 Å². The average Bonchev–Trinajstić information content (AvgIpc) is 3.10. The molecule has 1 aromatic rings. The number of nitrogens with one attached hydrogen (secondary N) is 1. The van der Waals surface area contributed by atoms with Gasteiger partial charge >= 0.3 is 0 Å². The summed E-state index contributed by atoms with van der Waals surface area (Å²) in [6.07, 6.45) is 6.73. The number of hydrogen-bond acceptors (Lipinski definition) is 1. The third kappa shape index (κ3) is 2.78. The number of halogens is 1. The van der Waals surface area contributed by atoms with Gasteiger partial charge in [-0.15, -0.1) is 12.4 Å². The fraction of sp³-hybridized carbons (Fsp3) is 0.571. The highest BCUT2D eigenvalue weighted by atomic mass is 35.5. The van der Waals surface area contributed by atoms with Crippen molar-refractivity contribution in [3.05, 3.63) is 35.4 Å². The second kappa shape index (κ2) is 5.20. The summed E-state index contributed by atoms with van der Waals surface area (Å²) in [6, 6.07) is 9.64. The van der Waals surface area contributed by atoms with Crippen molar-refractivity contribution in [2.24, 2.45) is 5.92 Å².